The number of halogens is 1. The number of hydrogen-bond acceptors (Lipinski definition) is 4. The Morgan fingerprint density at radius 3 is 2.44 bits per heavy atom. The maximum Gasteiger partial charge on any atom is 0.274 e. The van der Waals surface area contributed by atoms with Crippen LogP contribution in [0.15, 0.2) is 18.2 Å². The van der Waals surface area contributed by atoms with Crippen LogP contribution in [0.5, 0.6) is 0 Å². The molecule has 0 heterocycles. The zero-order valence-electron chi connectivity index (χ0n) is 10.9. The summed E-state index contributed by atoms with van der Waals surface area (Å²) in [5, 5.41) is 10.6. The molecule has 0 spiro atoms. The normalized spacial score (nSPS) is 10.7. The topological polar surface area (TPSA) is 49.6 Å². The summed E-state index contributed by atoms with van der Waals surface area (Å²) in [6.07, 6.45) is 0.911. The van der Waals surface area contributed by atoms with Crippen LogP contribution >= 0.6 is 0 Å². The van der Waals surface area contributed by atoms with Crippen LogP contribution in [0, 0.1) is 15.9 Å². The number of nitrogens with zero attached hydrogens (tertiary/aromatic N) is 3. The van der Waals surface area contributed by atoms with Gasteiger partial charge < -0.3 is 9.80 Å². The van der Waals surface area contributed by atoms with E-state index in [9.17, 15) is 14.5 Å². The number of hydrogen-bond donors (Lipinski definition) is 0. The Morgan fingerprint density at radius 2 is 1.89 bits per heavy atom. The number of benzene rings is 1. The Kier molecular flexibility index (Phi) is 5.03. The molecule has 1 aromatic rings. The van der Waals surface area contributed by atoms with Crippen molar-refractivity contribution in [2.75, 3.05) is 39.1 Å². The maximum absolute atomic E-state index is 13.3. The Labute approximate surface area is 106 Å². The van der Waals surface area contributed by atoms with Crippen LogP contribution in [0.25, 0.3) is 0 Å². The van der Waals surface area contributed by atoms with Gasteiger partial charge in [-0.15, -0.1) is 0 Å². The molecule has 0 aliphatic heterocycles. The summed E-state index contributed by atoms with van der Waals surface area (Å²) in [5.41, 5.74) is 0.310. The number of non-ortho nitro benzene ring substituents is 1. The van der Waals surface area contributed by atoms with Crippen LogP contribution in [0.4, 0.5) is 15.8 Å². The SMILES string of the molecule is CN(C)CCCN(C)c1cc(F)cc([N+](=O)[O-])c1. The van der Waals surface area contributed by atoms with Gasteiger partial charge >= 0.3 is 0 Å². The average molecular weight is 255 g/mol. The van der Waals surface area contributed by atoms with Gasteiger partial charge in [0, 0.05) is 25.3 Å². The first kappa shape index (κ1) is 14.4. The number of rotatable bonds is 6. The highest BCUT2D eigenvalue weighted by Gasteiger charge is 2.12. The highest BCUT2D eigenvalue weighted by molar-refractivity contribution is 5.53. The molecule has 18 heavy (non-hydrogen) atoms. The molecule has 0 radical (unpaired) electrons. The lowest BCUT2D eigenvalue weighted by Gasteiger charge is -2.20. The van der Waals surface area contributed by atoms with Gasteiger partial charge in [0.05, 0.1) is 11.0 Å². The molecule has 0 N–H and O–H groups in total. The molecule has 0 unspecified atom stereocenters. The van der Waals surface area contributed by atoms with Gasteiger partial charge in [-0.2, -0.15) is 0 Å². The number of nitro benzene ring substituents is 1. The van der Waals surface area contributed by atoms with E-state index in [4.69, 9.17) is 0 Å². The third-order valence-corrected chi connectivity index (χ3v) is 2.62. The largest absolute Gasteiger partial charge is 0.374 e. The fraction of sp³-hybridized carbons (Fsp3) is 0.500. The van der Waals surface area contributed by atoms with Crippen molar-refractivity contribution in [2.45, 2.75) is 6.42 Å². The Morgan fingerprint density at radius 1 is 1.22 bits per heavy atom. The van der Waals surface area contributed by atoms with E-state index in [0.29, 0.717) is 5.69 Å². The Hall–Kier alpha value is -1.69. The van der Waals surface area contributed by atoms with Gasteiger partial charge in [0.2, 0.25) is 0 Å². The van der Waals surface area contributed by atoms with Crippen molar-refractivity contribution in [3.8, 4) is 0 Å². The molecule has 1 rings (SSSR count). The molecule has 0 atom stereocenters. The second kappa shape index (κ2) is 6.30. The van der Waals surface area contributed by atoms with Gasteiger partial charge in [-0.25, -0.2) is 4.39 Å². The molecule has 0 aliphatic carbocycles. The molecule has 0 saturated carbocycles. The smallest absolute Gasteiger partial charge is 0.274 e. The van der Waals surface area contributed by atoms with Crippen LogP contribution in [0.1, 0.15) is 6.42 Å². The van der Waals surface area contributed by atoms with Crippen molar-refractivity contribution in [2.24, 2.45) is 0 Å². The van der Waals surface area contributed by atoms with Crippen molar-refractivity contribution < 1.29 is 9.31 Å². The first-order valence-electron chi connectivity index (χ1n) is 5.71. The molecule has 1 aromatic carbocycles. The fourth-order valence-corrected chi connectivity index (χ4v) is 1.64. The lowest BCUT2D eigenvalue weighted by molar-refractivity contribution is -0.385. The molecule has 0 fully saturated rings. The lowest BCUT2D eigenvalue weighted by Crippen LogP contribution is -2.23. The van der Waals surface area contributed by atoms with Crippen molar-refractivity contribution in [1.29, 1.82) is 0 Å². The molecular weight excluding hydrogens is 237 g/mol. The third-order valence-electron chi connectivity index (χ3n) is 2.62. The lowest BCUT2D eigenvalue weighted by atomic mass is 10.2. The fourth-order valence-electron chi connectivity index (χ4n) is 1.64. The van der Waals surface area contributed by atoms with Crippen LogP contribution in [0.2, 0.25) is 0 Å². The van der Waals surface area contributed by atoms with Gasteiger partial charge in [0.25, 0.3) is 5.69 Å². The monoisotopic (exact) mass is 255 g/mol. The molecule has 0 amide bonds. The number of anilines is 1. The molecule has 100 valence electrons. The first-order chi connectivity index (χ1) is 8.40. The van der Waals surface area contributed by atoms with Crippen LogP contribution in [-0.4, -0.2) is 44.1 Å². The molecule has 0 bridgehead atoms. The van der Waals surface area contributed by atoms with Gasteiger partial charge in [-0.3, -0.25) is 10.1 Å². The summed E-state index contributed by atoms with van der Waals surface area (Å²) in [5.74, 6) is -0.585. The third kappa shape index (κ3) is 4.29. The van der Waals surface area contributed by atoms with E-state index in [1.807, 2.05) is 19.0 Å². The first-order valence-corrected chi connectivity index (χ1v) is 5.71. The van der Waals surface area contributed by atoms with Crippen LogP contribution < -0.4 is 4.90 Å². The predicted molar refractivity (Wildman–Crippen MR) is 69.5 cm³/mol. The van der Waals surface area contributed by atoms with Crippen LogP contribution in [0.3, 0.4) is 0 Å². The second-order valence-corrected chi connectivity index (χ2v) is 4.50. The van der Waals surface area contributed by atoms with Crippen molar-refractivity contribution >= 4 is 11.4 Å². The molecule has 0 saturated heterocycles. The summed E-state index contributed by atoms with van der Waals surface area (Å²) in [6.45, 7) is 1.64. The summed E-state index contributed by atoms with van der Waals surface area (Å²) < 4.78 is 13.3. The zero-order valence-corrected chi connectivity index (χ0v) is 10.9. The maximum atomic E-state index is 13.3. The summed E-state index contributed by atoms with van der Waals surface area (Å²) in [7, 11) is 5.76. The van der Waals surface area contributed by atoms with Crippen molar-refractivity contribution in [3.63, 3.8) is 0 Å². The van der Waals surface area contributed by atoms with Gasteiger partial charge in [-0.1, -0.05) is 0 Å². The van der Waals surface area contributed by atoms with Gasteiger partial charge in [-0.05, 0) is 33.1 Å². The Balaban J connectivity index is 2.73. The zero-order chi connectivity index (χ0) is 13.7. The Bertz CT molecular complexity index is 424. The van der Waals surface area contributed by atoms with Gasteiger partial charge in [0.15, 0.2) is 0 Å². The van der Waals surface area contributed by atoms with Crippen molar-refractivity contribution in [1.82, 2.24) is 4.90 Å². The molecule has 6 heteroatoms. The van der Waals surface area contributed by atoms with Gasteiger partial charge in [0.1, 0.15) is 5.82 Å². The molecule has 5 nitrogen and oxygen atoms in total. The number of nitro groups is 1. The highest BCUT2D eigenvalue weighted by atomic mass is 19.1. The minimum atomic E-state index is -0.585. The van der Waals surface area contributed by atoms with Crippen molar-refractivity contribution in [3.05, 3.63) is 34.1 Å². The van der Waals surface area contributed by atoms with E-state index >= 15 is 0 Å². The van der Waals surface area contributed by atoms with E-state index in [1.165, 1.54) is 12.1 Å². The molecule has 0 aromatic heterocycles. The summed E-state index contributed by atoms with van der Waals surface area (Å²) in [4.78, 5) is 13.9. The standard InChI is InChI=1S/C12H18FN3O2/c1-14(2)5-4-6-15(3)11-7-10(13)8-12(9-11)16(17)18/h7-9H,4-6H2,1-3H3. The average Bonchev–Trinajstić information content (AvgIpc) is 2.27. The van der Waals surface area contributed by atoms with E-state index in [2.05, 4.69) is 4.90 Å². The molecular formula is C12H18FN3O2. The quantitative estimate of drug-likeness (QED) is 0.577. The minimum Gasteiger partial charge on any atom is -0.374 e. The van der Waals surface area contributed by atoms with E-state index in [-0.39, 0.29) is 5.69 Å². The molecule has 0 aliphatic rings. The highest BCUT2D eigenvalue weighted by Crippen LogP contribution is 2.22. The van der Waals surface area contributed by atoms with E-state index in [1.54, 1.807) is 7.05 Å². The second-order valence-electron chi connectivity index (χ2n) is 4.50. The predicted octanol–water partition coefficient (Wildman–Crippen LogP) is 2.12. The summed E-state index contributed by atoms with van der Waals surface area (Å²) in [6, 6.07) is 3.62. The minimum absolute atomic E-state index is 0.218. The van der Waals surface area contributed by atoms with Crippen LogP contribution in [-0.2, 0) is 0 Å². The summed E-state index contributed by atoms with van der Waals surface area (Å²) >= 11 is 0. The van der Waals surface area contributed by atoms with E-state index < -0.39 is 10.7 Å². The van der Waals surface area contributed by atoms with E-state index in [0.717, 1.165) is 25.6 Å².